The molecule has 0 saturated carbocycles. The molecule has 2 aromatic rings. The minimum Gasteiger partial charge on any atom is -0.319 e. The molecule has 0 atom stereocenters. The van der Waals surface area contributed by atoms with E-state index in [1.807, 2.05) is 0 Å². The third-order valence-corrected chi connectivity index (χ3v) is 2.75. The summed E-state index contributed by atoms with van der Waals surface area (Å²) in [6, 6.07) is 4.83. The summed E-state index contributed by atoms with van der Waals surface area (Å²) in [5.41, 5.74) is 1.40. The van der Waals surface area contributed by atoms with Crippen LogP contribution in [0.1, 0.15) is 16.2 Å². The summed E-state index contributed by atoms with van der Waals surface area (Å²) in [4.78, 5) is 19.8. The van der Waals surface area contributed by atoms with Crippen molar-refractivity contribution in [1.82, 2.24) is 9.97 Å². The van der Waals surface area contributed by atoms with E-state index in [1.165, 1.54) is 12.4 Å². The van der Waals surface area contributed by atoms with E-state index in [4.69, 9.17) is 23.2 Å². The molecule has 0 aliphatic rings. The van der Waals surface area contributed by atoms with Gasteiger partial charge in [-0.15, -0.1) is 0 Å². The van der Waals surface area contributed by atoms with Gasteiger partial charge >= 0.3 is 0 Å². The van der Waals surface area contributed by atoms with Gasteiger partial charge in [0, 0.05) is 11.2 Å². The quantitative estimate of drug-likeness (QED) is 0.919. The highest BCUT2D eigenvalue weighted by Crippen LogP contribution is 2.25. The normalized spacial score (nSPS) is 10.2. The Labute approximate surface area is 114 Å². The molecule has 0 aliphatic carbocycles. The Bertz CT molecular complexity index is 584. The molecule has 0 saturated heterocycles. The Morgan fingerprint density at radius 1 is 1.22 bits per heavy atom. The summed E-state index contributed by atoms with van der Waals surface area (Å²) in [5.74, 6) is -0.383. The molecule has 1 amide bonds. The Morgan fingerprint density at radius 2 is 2.00 bits per heavy atom. The molecule has 92 valence electrons. The predicted molar refractivity (Wildman–Crippen MR) is 71.2 cm³/mol. The molecule has 1 N–H and O–H groups in total. The lowest BCUT2D eigenvalue weighted by molar-refractivity contribution is 0.102. The molecule has 6 heteroatoms. The minimum absolute atomic E-state index is 0.219. The number of aromatic nitrogens is 2. The van der Waals surface area contributed by atoms with Gasteiger partial charge < -0.3 is 5.32 Å². The molecular formula is C12H9Cl2N3O. The van der Waals surface area contributed by atoms with Crippen molar-refractivity contribution in [3.63, 3.8) is 0 Å². The molecule has 1 heterocycles. The molecule has 1 aromatic heterocycles. The molecule has 1 aromatic carbocycles. The van der Waals surface area contributed by atoms with E-state index < -0.39 is 0 Å². The Morgan fingerprint density at radius 3 is 2.67 bits per heavy atom. The fraction of sp³-hybridized carbons (Fsp3) is 0.0833. The highest BCUT2D eigenvalue weighted by atomic mass is 35.5. The van der Waals surface area contributed by atoms with Gasteiger partial charge in [0.25, 0.3) is 5.91 Å². The maximum absolute atomic E-state index is 11.9. The maximum Gasteiger partial charge on any atom is 0.275 e. The number of anilines is 1. The van der Waals surface area contributed by atoms with Gasteiger partial charge in [-0.2, -0.15) is 0 Å². The topological polar surface area (TPSA) is 54.9 Å². The van der Waals surface area contributed by atoms with Gasteiger partial charge in [0.2, 0.25) is 0 Å². The van der Waals surface area contributed by atoms with E-state index in [9.17, 15) is 4.79 Å². The number of carbonyl (C=O) groups excluding carboxylic acids is 1. The van der Waals surface area contributed by atoms with Crippen LogP contribution in [-0.2, 0) is 0 Å². The van der Waals surface area contributed by atoms with E-state index in [0.29, 0.717) is 15.7 Å². The molecule has 0 fully saturated rings. The van der Waals surface area contributed by atoms with Crippen LogP contribution in [0.2, 0.25) is 10.0 Å². The highest BCUT2D eigenvalue weighted by molar-refractivity contribution is 6.35. The number of hydrogen-bond acceptors (Lipinski definition) is 3. The van der Waals surface area contributed by atoms with Crippen LogP contribution in [0.15, 0.2) is 30.6 Å². The lowest BCUT2D eigenvalue weighted by atomic mass is 10.3. The van der Waals surface area contributed by atoms with Crippen LogP contribution in [0.4, 0.5) is 5.69 Å². The monoisotopic (exact) mass is 281 g/mol. The van der Waals surface area contributed by atoms with Crippen LogP contribution in [0, 0.1) is 6.92 Å². The summed E-state index contributed by atoms with van der Waals surface area (Å²) < 4.78 is 0. The van der Waals surface area contributed by atoms with Gasteiger partial charge in [-0.05, 0) is 25.1 Å². The molecule has 18 heavy (non-hydrogen) atoms. The molecule has 2 rings (SSSR count). The minimum atomic E-state index is -0.383. The number of nitrogens with one attached hydrogen (secondary N) is 1. The van der Waals surface area contributed by atoms with Crippen LogP contribution in [0.5, 0.6) is 0 Å². The number of hydrogen-bond donors (Lipinski definition) is 1. The van der Waals surface area contributed by atoms with Crippen molar-refractivity contribution in [3.05, 3.63) is 52.0 Å². The first kappa shape index (κ1) is 12.8. The Hall–Kier alpha value is -1.65. The average Bonchev–Trinajstić information content (AvgIpc) is 2.34. The highest BCUT2D eigenvalue weighted by Gasteiger charge is 2.10. The smallest absolute Gasteiger partial charge is 0.275 e. The number of halogens is 2. The van der Waals surface area contributed by atoms with Crippen molar-refractivity contribution < 1.29 is 4.79 Å². The van der Waals surface area contributed by atoms with E-state index >= 15 is 0 Å². The Balaban J connectivity index is 2.21. The van der Waals surface area contributed by atoms with Crippen molar-refractivity contribution in [2.75, 3.05) is 5.32 Å². The zero-order valence-corrected chi connectivity index (χ0v) is 11.0. The fourth-order valence-electron chi connectivity index (χ4n) is 1.29. The largest absolute Gasteiger partial charge is 0.319 e. The molecule has 0 spiro atoms. The number of aryl methyl sites for hydroxylation is 1. The fourth-order valence-corrected chi connectivity index (χ4v) is 1.63. The van der Waals surface area contributed by atoms with E-state index in [1.54, 1.807) is 25.1 Å². The van der Waals surface area contributed by atoms with Crippen LogP contribution < -0.4 is 5.32 Å². The average molecular weight is 282 g/mol. The summed E-state index contributed by atoms with van der Waals surface area (Å²) in [6.45, 7) is 1.79. The third-order valence-electron chi connectivity index (χ3n) is 2.19. The van der Waals surface area contributed by atoms with Gasteiger partial charge in [-0.25, -0.2) is 4.98 Å². The zero-order valence-electron chi connectivity index (χ0n) is 9.45. The maximum atomic E-state index is 11.9. The van der Waals surface area contributed by atoms with Gasteiger partial charge in [-0.1, -0.05) is 23.2 Å². The van der Waals surface area contributed by atoms with Gasteiger partial charge in [0.05, 0.1) is 22.6 Å². The van der Waals surface area contributed by atoms with Crippen LogP contribution in [-0.4, -0.2) is 15.9 Å². The van der Waals surface area contributed by atoms with Gasteiger partial charge in [0.15, 0.2) is 0 Å². The number of benzene rings is 1. The lowest BCUT2D eigenvalue weighted by Crippen LogP contribution is -2.14. The molecule has 0 unspecified atom stereocenters. The Kier molecular flexibility index (Phi) is 3.79. The predicted octanol–water partition coefficient (Wildman–Crippen LogP) is 3.34. The van der Waals surface area contributed by atoms with Gasteiger partial charge in [0.1, 0.15) is 5.69 Å². The SMILES string of the molecule is Cc1cnc(C(=O)Nc2cc(Cl)ccc2Cl)cn1. The molecular weight excluding hydrogens is 273 g/mol. The lowest BCUT2D eigenvalue weighted by Gasteiger charge is -2.07. The zero-order chi connectivity index (χ0) is 13.1. The number of amides is 1. The second-order valence-corrected chi connectivity index (χ2v) is 4.46. The van der Waals surface area contributed by atoms with E-state index in [0.717, 1.165) is 5.69 Å². The summed E-state index contributed by atoms with van der Waals surface area (Å²) >= 11 is 11.8. The summed E-state index contributed by atoms with van der Waals surface area (Å²) in [6.07, 6.45) is 2.93. The summed E-state index contributed by atoms with van der Waals surface area (Å²) in [7, 11) is 0. The number of carbonyl (C=O) groups is 1. The van der Waals surface area contributed by atoms with Crippen LogP contribution in [0.3, 0.4) is 0 Å². The second-order valence-electron chi connectivity index (χ2n) is 3.62. The first-order valence-corrected chi connectivity index (χ1v) is 5.87. The second kappa shape index (κ2) is 5.33. The number of nitrogens with zero attached hydrogens (tertiary/aromatic N) is 2. The molecule has 0 aliphatic heterocycles. The standard InChI is InChI=1S/C12H9Cl2N3O/c1-7-5-16-11(6-15-7)12(18)17-10-4-8(13)2-3-9(10)14/h2-6H,1H3,(H,17,18). The summed E-state index contributed by atoms with van der Waals surface area (Å²) in [5, 5.41) is 3.53. The number of rotatable bonds is 2. The van der Waals surface area contributed by atoms with E-state index in [2.05, 4.69) is 15.3 Å². The van der Waals surface area contributed by atoms with E-state index in [-0.39, 0.29) is 11.6 Å². The van der Waals surface area contributed by atoms with Crippen molar-refractivity contribution in [3.8, 4) is 0 Å². The molecule has 4 nitrogen and oxygen atoms in total. The van der Waals surface area contributed by atoms with Crippen LogP contribution >= 0.6 is 23.2 Å². The van der Waals surface area contributed by atoms with Crippen LogP contribution in [0.25, 0.3) is 0 Å². The first-order valence-electron chi connectivity index (χ1n) is 5.11. The van der Waals surface area contributed by atoms with Gasteiger partial charge in [-0.3, -0.25) is 9.78 Å². The third kappa shape index (κ3) is 2.97. The molecule has 0 radical (unpaired) electrons. The van der Waals surface area contributed by atoms with Crippen molar-refractivity contribution in [2.24, 2.45) is 0 Å². The van der Waals surface area contributed by atoms with Crippen molar-refractivity contribution in [2.45, 2.75) is 6.92 Å². The first-order chi connectivity index (χ1) is 8.56. The van der Waals surface area contributed by atoms with Crippen molar-refractivity contribution in [1.29, 1.82) is 0 Å². The van der Waals surface area contributed by atoms with Crippen molar-refractivity contribution >= 4 is 34.8 Å². The molecule has 0 bridgehead atoms.